The van der Waals surface area contributed by atoms with Crippen molar-refractivity contribution in [2.24, 2.45) is 5.73 Å². The summed E-state index contributed by atoms with van der Waals surface area (Å²) in [6.45, 7) is 4.73. The van der Waals surface area contributed by atoms with Gasteiger partial charge in [-0.05, 0) is 54.1 Å². The number of fused-ring (bicyclic) bond motifs is 1. The average Bonchev–Trinajstić information content (AvgIpc) is 2.51. The van der Waals surface area contributed by atoms with Crippen LogP contribution in [0.5, 0.6) is 11.5 Å². The first-order chi connectivity index (χ1) is 10.2. The second-order valence-electron chi connectivity index (χ2n) is 5.32. The smallest absolute Gasteiger partial charge is 0.135 e. The number of aryl methyl sites for hydroxylation is 2. The van der Waals surface area contributed by atoms with Crippen LogP contribution in [0.4, 0.5) is 0 Å². The van der Waals surface area contributed by atoms with Crippen LogP contribution in [0.1, 0.15) is 16.7 Å². The van der Waals surface area contributed by atoms with Gasteiger partial charge in [0.05, 0.1) is 0 Å². The second-order valence-corrected chi connectivity index (χ2v) is 5.32. The molecule has 2 nitrogen and oxygen atoms in total. The van der Waals surface area contributed by atoms with E-state index in [1.54, 1.807) is 0 Å². The van der Waals surface area contributed by atoms with E-state index in [1.165, 1.54) is 11.1 Å². The fourth-order valence-corrected chi connectivity index (χ4v) is 2.51. The van der Waals surface area contributed by atoms with E-state index in [2.05, 4.69) is 38.1 Å². The van der Waals surface area contributed by atoms with Crippen LogP contribution < -0.4 is 10.5 Å². The normalized spacial score (nSPS) is 10.8. The summed E-state index contributed by atoms with van der Waals surface area (Å²) >= 11 is 0. The first-order valence-electron chi connectivity index (χ1n) is 7.15. The fraction of sp³-hybridized carbons (Fsp3) is 0.158. The van der Waals surface area contributed by atoms with Crippen molar-refractivity contribution in [3.63, 3.8) is 0 Å². The third-order valence-electron chi connectivity index (χ3n) is 3.90. The van der Waals surface area contributed by atoms with E-state index in [-0.39, 0.29) is 0 Å². The first kappa shape index (κ1) is 13.7. The SMILES string of the molecule is Cc1ccc(Oc2ccc(CN)c3ccccc23)cc1C. The molecule has 0 amide bonds. The Labute approximate surface area is 125 Å². The van der Waals surface area contributed by atoms with Gasteiger partial charge in [0, 0.05) is 11.9 Å². The highest BCUT2D eigenvalue weighted by Crippen LogP contribution is 2.32. The van der Waals surface area contributed by atoms with Crippen LogP contribution >= 0.6 is 0 Å². The number of hydrogen-bond acceptors (Lipinski definition) is 2. The van der Waals surface area contributed by atoms with Crippen LogP contribution in [0.2, 0.25) is 0 Å². The lowest BCUT2D eigenvalue weighted by molar-refractivity contribution is 0.487. The lowest BCUT2D eigenvalue weighted by Gasteiger charge is -2.12. The Kier molecular flexibility index (Phi) is 3.63. The Balaban J connectivity index is 2.06. The van der Waals surface area contributed by atoms with Crippen molar-refractivity contribution in [3.8, 4) is 11.5 Å². The fourth-order valence-electron chi connectivity index (χ4n) is 2.51. The Morgan fingerprint density at radius 1 is 0.857 bits per heavy atom. The summed E-state index contributed by atoms with van der Waals surface area (Å²) in [5.41, 5.74) is 9.45. The summed E-state index contributed by atoms with van der Waals surface area (Å²) in [6, 6.07) is 18.4. The molecule has 0 heterocycles. The Morgan fingerprint density at radius 2 is 1.62 bits per heavy atom. The van der Waals surface area contributed by atoms with Crippen molar-refractivity contribution in [1.82, 2.24) is 0 Å². The second kappa shape index (κ2) is 5.58. The molecule has 0 aliphatic heterocycles. The summed E-state index contributed by atoms with van der Waals surface area (Å²) < 4.78 is 6.09. The molecule has 2 heteroatoms. The van der Waals surface area contributed by atoms with Crippen molar-refractivity contribution in [1.29, 1.82) is 0 Å². The zero-order valence-electron chi connectivity index (χ0n) is 12.4. The molecule has 0 atom stereocenters. The molecule has 3 rings (SSSR count). The van der Waals surface area contributed by atoms with Gasteiger partial charge in [0.2, 0.25) is 0 Å². The standard InChI is InChI=1S/C19H19NO/c1-13-7-9-16(11-14(13)2)21-19-10-8-15(12-20)17-5-3-4-6-18(17)19/h3-11H,12,20H2,1-2H3. The minimum atomic E-state index is 0.532. The highest BCUT2D eigenvalue weighted by atomic mass is 16.5. The predicted octanol–water partition coefficient (Wildman–Crippen LogP) is 4.71. The van der Waals surface area contributed by atoms with Crippen molar-refractivity contribution in [3.05, 3.63) is 71.3 Å². The molecule has 2 N–H and O–H groups in total. The molecule has 3 aromatic carbocycles. The third kappa shape index (κ3) is 2.63. The van der Waals surface area contributed by atoms with Gasteiger partial charge >= 0.3 is 0 Å². The molecule has 0 aliphatic rings. The van der Waals surface area contributed by atoms with Crippen LogP contribution in [-0.2, 0) is 6.54 Å². The molecule has 0 radical (unpaired) electrons. The number of ether oxygens (including phenoxy) is 1. The highest BCUT2D eigenvalue weighted by Gasteiger charge is 2.07. The van der Waals surface area contributed by atoms with E-state index in [9.17, 15) is 0 Å². The molecule has 0 fully saturated rings. The van der Waals surface area contributed by atoms with Gasteiger partial charge in [-0.3, -0.25) is 0 Å². The maximum absolute atomic E-state index is 6.09. The van der Waals surface area contributed by atoms with E-state index < -0.39 is 0 Å². The lowest BCUT2D eigenvalue weighted by Crippen LogP contribution is -1.98. The van der Waals surface area contributed by atoms with Crippen molar-refractivity contribution >= 4 is 10.8 Å². The number of rotatable bonds is 3. The minimum absolute atomic E-state index is 0.532. The van der Waals surface area contributed by atoms with E-state index in [1.807, 2.05) is 30.3 Å². The van der Waals surface area contributed by atoms with Gasteiger partial charge < -0.3 is 10.5 Å². The van der Waals surface area contributed by atoms with E-state index in [0.29, 0.717) is 6.54 Å². The van der Waals surface area contributed by atoms with E-state index >= 15 is 0 Å². The van der Waals surface area contributed by atoms with Crippen LogP contribution in [-0.4, -0.2) is 0 Å². The van der Waals surface area contributed by atoms with Crippen molar-refractivity contribution in [2.75, 3.05) is 0 Å². The molecule has 0 bridgehead atoms. The molecule has 0 aliphatic carbocycles. The van der Waals surface area contributed by atoms with Crippen LogP contribution in [0.15, 0.2) is 54.6 Å². The topological polar surface area (TPSA) is 35.2 Å². The molecule has 0 unspecified atom stereocenters. The molecular weight excluding hydrogens is 258 g/mol. The Morgan fingerprint density at radius 3 is 2.33 bits per heavy atom. The third-order valence-corrected chi connectivity index (χ3v) is 3.90. The Hall–Kier alpha value is -2.32. The predicted molar refractivity (Wildman–Crippen MR) is 87.8 cm³/mol. The van der Waals surface area contributed by atoms with Gasteiger partial charge in [0.1, 0.15) is 11.5 Å². The van der Waals surface area contributed by atoms with Crippen molar-refractivity contribution in [2.45, 2.75) is 20.4 Å². The molecule has 0 aromatic heterocycles. The summed E-state index contributed by atoms with van der Waals surface area (Å²) in [6.07, 6.45) is 0. The van der Waals surface area contributed by atoms with Gasteiger partial charge in [-0.2, -0.15) is 0 Å². The molecule has 3 aromatic rings. The van der Waals surface area contributed by atoms with Crippen LogP contribution in [0, 0.1) is 13.8 Å². The molecule has 0 saturated heterocycles. The van der Waals surface area contributed by atoms with Crippen LogP contribution in [0.25, 0.3) is 10.8 Å². The maximum Gasteiger partial charge on any atom is 0.135 e. The number of benzene rings is 3. The zero-order valence-corrected chi connectivity index (χ0v) is 12.4. The molecule has 21 heavy (non-hydrogen) atoms. The molecule has 0 saturated carbocycles. The minimum Gasteiger partial charge on any atom is -0.457 e. The van der Waals surface area contributed by atoms with Gasteiger partial charge in [-0.1, -0.05) is 36.4 Å². The van der Waals surface area contributed by atoms with Gasteiger partial charge in [-0.15, -0.1) is 0 Å². The highest BCUT2D eigenvalue weighted by molar-refractivity contribution is 5.91. The van der Waals surface area contributed by atoms with Gasteiger partial charge in [-0.25, -0.2) is 0 Å². The summed E-state index contributed by atoms with van der Waals surface area (Å²) in [4.78, 5) is 0. The average molecular weight is 277 g/mol. The lowest BCUT2D eigenvalue weighted by atomic mass is 10.0. The first-order valence-corrected chi connectivity index (χ1v) is 7.15. The quantitative estimate of drug-likeness (QED) is 0.752. The molecular formula is C19H19NO. The van der Waals surface area contributed by atoms with Gasteiger partial charge in [0.15, 0.2) is 0 Å². The summed E-state index contributed by atoms with van der Waals surface area (Å²) in [7, 11) is 0. The zero-order chi connectivity index (χ0) is 14.8. The molecule has 106 valence electrons. The maximum atomic E-state index is 6.09. The summed E-state index contributed by atoms with van der Waals surface area (Å²) in [5, 5.41) is 2.25. The molecule has 0 spiro atoms. The number of nitrogens with two attached hydrogens (primary N) is 1. The largest absolute Gasteiger partial charge is 0.457 e. The Bertz CT molecular complexity index is 793. The number of hydrogen-bond donors (Lipinski definition) is 1. The van der Waals surface area contributed by atoms with Crippen molar-refractivity contribution < 1.29 is 4.74 Å². The van der Waals surface area contributed by atoms with Crippen LogP contribution in [0.3, 0.4) is 0 Å². The van der Waals surface area contributed by atoms with Gasteiger partial charge in [0.25, 0.3) is 0 Å². The summed E-state index contributed by atoms with van der Waals surface area (Å²) in [5.74, 6) is 1.73. The van der Waals surface area contributed by atoms with E-state index in [0.717, 1.165) is 27.8 Å². The monoisotopic (exact) mass is 277 g/mol. The van der Waals surface area contributed by atoms with E-state index in [4.69, 9.17) is 10.5 Å².